The van der Waals surface area contributed by atoms with E-state index in [0.29, 0.717) is 12.5 Å². The van der Waals surface area contributed by atoms with Crippen molar-refractivity contribution in [3.63, 3.8) is 0 Å². The molecule has 5 heteroatoms. The average molecular weight is 560 g/mol. The Hall–Kier alpha value is -3.96. The number of amides is 1. The molecule has 5 nitrogen and oxygen atoms in total. The molecule has 2 atom stereocenters. The van der Waals surface area contributed by atoms with Crippen molar-refractivity contribution in [1.82, 2.24) is 14.9 Å². The molecule has 5 aromatic rings. The summed E-state index contributed by atoms with van der Waals surface area (Å²) >= 11 is 0. The first kappa shape index (κ1) is 28.2. The van der Waals surface area contributed by atoms with E-state index in [9.17, 15) is 9.90 Å². The number of nitrogens with zero attached hydrogens (tertiary/aromatic N) is 2. The number of nitrogens with one attached hydrogen (secondary N) is 1. The topological polar surface area (TPSA) is 67.2 Å². The summed E-state index contributed by atoms with van der Waals surface area (Å²) in [6.07, 6.45) is 6.90. The van der Waals surface area contributed by atoms with Crippen LogP contribution in [-0.4, -0.2) is 27.2 Å². The van der Waals surface area contributed by atoms with Crippen LogP contribution < -0.4 is 5.32 Å². The maximum atomic E-state index is 14.0. The Bertz CT molecular complexity index is 1660. The van der Waals surface area contributed by atoms with Crippen molar-refractivity contribution in [2.75, 3.05) is 6.61 Å². The van der Waals surface area contributed by atoms with Crippen LogP contribution in [-0.2, 0) is 11.3 Å². The Kier molecular flexibility index (Phi) is 8.38. The van der Waals surface area contributed by atoms with Crippen LogP contribution in [0.5, 0.6) is 0 Å². The molecule has 2 heterocycles. The third kappa shape index (κ3) is 5.71. The molecule has 0 spiro atoms. The van der Waals surface area contributed by atoms with Crippen LogP contribution in [0.2, 0.25) is 0 Å². The van der Waals surface area contributed by atoms with Gasteiger partial charge in [0.25, 0.3) is 0 Å². The fraction of sp³-hybridized carbons (Fsp3) is 0.351. The fourth-order valence-electron chi connectivity index (χ4n) is 7.02. The first-order chi connectivity index (χ1) is 20.5. The molecule has 0 bridgehead atoms. The van der Waals surface area contributed by atoms with Crippen LogP contribution in [0.4, 0.5) is 0 Å². The lowest BCUT2D eigenvalue weighted by Gasteiger charge is -2.28. The zero-order valence-corrected chi connectivity index (χ0v) is 24.7. The highest BCUT2D eigenvalue weighted by Gasteiger charge is 2.32. The van der Waals surface area contributed by atoms with Crippen LogP contribution in [0.3, 0.4) is 0 Å². The Balaban J connectivity index is 1.31. The number of fused-ring (bicyclic) bond motifs is 3. The van der Waals surface area contributed by atoms with E-state index in [1.165, 1.54) is 40.3 Å². The van der Waals surface area contributed by atoms with Gasteiger partial charge in [-0.1, -0.05) is 98.5 Å². The highest BCUT2D eigenvalue weighted by atomic mass is 16.3. The zero-order valence-electron chi connectivity index (χ0n) is 24.7. The van der Waals surface area contributed by atoms with Crippen molar-refractivity contribution < 1.29 is 9.90 Å². The van der Waals surface area contributed by atoms with Gasteiger partial charge in [0.05, 0.1) is 24.1 Å². The van der Waals surface area contributed by atoms with Gasteiger partial charge in [0.1, 0.15) is 5.65 Å². The number of aromatic nitrogens is 2. The fourth-order valence-corrected chi connectivity index (χ4v) is 7.02. The molecule has 1 fully saturated rings. The first-order valence-corrected chi connectivity index (χ1v) is 15.4. The van der Waals surface area contributed by atoms with Crippen LogP contribution in [0.25, 0.3) is 21.9 Å². The van der Waals surface area contributed by atoms with Crippen LogP contribution in [0, 0.1) is 19.8 Å². The lowest BCUT2D eigenvalue weighted by molar-refractivity contribution is -0.125. The molecule has 3 aromatic carbocycles. The highest BCUT2D eigenvalue weighted by molar-refractivity contribution is 6.08. The number of benzene rings is 3. The van der Waals surface area contributed by atoms with Gasteiger partial charge < -0.3 is 15.0 Å². The third-order valence-corrected chi connectivity index (χ3v) is 9.08. The predicted molar refractivity (Wildman–Crippen MR) is 171 cm³/mol. The van der Waals surface area contributed by atoms with E-state index in [2.05, 4.69) is 78.3 Å². The molecule has 1 amide bonds. The van der Waals surface area contributed by atoms with E-state index in [4.69, 9.17) is 4.98 Å². The minimum absolute atomic E-state index is 0.00935. The molecule has 1 unspecified atom stereocenters. The smallest absolute Gasteiger partial charge is 0.228 e. The summed E-state index contributed by atoms with van der Waals surface area (Å²) in [4.78, 5) is 18.9. The quantitative estimate of drug-likeness (QED) is 0.191. The molecule has 0 radical (unpaired) electrons. The Labute approximate surface area is 248 Å². The zero-order chi connectivity index (χ0) is 29.1. The van der Waals surface area contributed by atoms with E-state index < -0.39 is 6.04 Å². The molecule has 0 saturated heterocycles. The summed E-state index contributed by atoms with van der Waals surface area (Å²) in [7, 11) is 0. The summed E-state index contributed by atoms with van der Waals surface area (Å²) in [6.45, 7) is 4.81. The highest BCUT2D eigenvalue weighted by Crippen LogP contribution is 2.37. The number of aryl methyl sites for hydroxylation is 2. The molecule has 1 saturated carbocycles. The molecule has 2 N–H and O–H groups in total. The van der Waals surface area contributed by atoms with E-state index in [1.54, 1.807) is 0 Å². The number of rotatable bonds is 8. The van der Waals surface area contributed by atoms with E-state index in [-0.39, 0.29) is 18.4 Å². The van der Waals surface area contributed by atoms with E-state index >= 15 is 0 Å². The second-order valence-electron chi connectivity index (χ2n) is 12.0. The minimum atomic E-state index is -0.416. The summed E-state index contributed by atoms with van der Waals surface area (Å²) in [5, 5.41) is 15.8. The second kappa shape index (κ2) is 12.5. The van der Waals surface area contributed by atoms with Crippen LogP contribution in [0.1, 0.15) is 78.4 Å². The van der Waals surface area contributed by atoms with Gasteiger partial charge in [0.15, 0.2) is 0 Å². The maximum absolute atomic E-state index is 14.0. The number of aliphatic hydroxyl groups is 1. The van der Waals surface area contributed by atoms with E-state index in [0.717, 1.165) is 48.2 Å². The Morgan fingerprint density at radius 1 is 0.905 bits per heavy atom. The molecule has 42 heavy (non-hydrogen) atoms. The van der Waals surface area contributed by atoms with Crippen LogP contribution in [0.15, 0.2) is 84.9 Å². The minimum Gasteiger partial charge on any atom is -0.394 e. The van der Waals surface area contributed by atoms with Crippen molar-refractivity contribution in [1.29, 1.82) is 0 Å². The number of hydrogen-bond acceptors (Lipinski definition) is 3. The van der Waals surface area contributed by atoms with Gasteiger partial charge >= 0.3 is 0 Å². The van der Waals surface area contributed by atoms with Gasteiger partial charge in [-0.15, -0.1) is 0 Å². The molecule has 6 rings (SSSR count). The van der Waals surface area contributed by atoms with Gasteiger partial charge in [0.2, 0.25) is 5.91 Å². The summed E-state index contributed by atoms with van der Waals surface area (Å²) in [5.41, 5.74) is 7.63. The second-order valence-corrected chi connectivity index (χ2v) is 12.0. The molecule has 1 aliphatic carbocycles. The van der Waals surface area contributed by atoms with Gasteiger partial charge in [0, 0.05) is 23.0 Å². The van der Waals surface area contributed by atoms with Crippen molar-refractivity contribution in [3.8, 4) is 0 Å². The molecule has 0 aliphatic heterocycles. The van der Waals surface area contributed by atoms with Gasteiger partial charge in [-0.05, 0) is 67.0 Å². The van der Waals surface area contributed by atoms with Crippen molar-refractivity contribution in [2.45, 2.75) is 70.9 Å². The monoisotopic (exact) mass is 559 g/mol. The van der Waals surface area contributed by atoms with Crippen molar-refractivity contribution in [2.24, 2.45) is 5.92 Å². The van der Waals surface area contributed by atoms with Gasteiger partial charge in [-0.25, -0.2) is 4.98 Å². The van der Waals surface area contributed by atoms with Gasteiger partial charge in [-0.3, -0.25) is 4.79 Å². The maximum Gasteiger partial charge on any atom is 0.228 e. The summed E-state index contributed by atoms with van der Waals surface area (Å²) in [5.74, 6) is 0.0613. The van der Waals surface area contributed by atoms with E-state index in [1.807, 2.05) is 30.3 Å². The standard InChI is InChI=1S/C37H41N3O2/c1-25-22-26(2)38-36-34(25)31-16-10-11-17-33(31)40(36)23-27-18-20-30(21-19-27)35(29-14-6-3-4-7-15-29)37(42)39-32(24-41)28-12-8-5-9-13-28/h5,8-13,16-22,29,32,35,41H,3-4,6-7,14-15,23-24H2,1-2H3,(H,39,42)/t32-,35?/m0/s1. The predicted octanol–water partition coefficient (Wildman–Crippen LogP) is 7.76. The molecule has 1 aliphatic rings. The number of aliphatic hydroxyl groups excluding tert-OH is 1. The SMILES string of the molecule is Cc1cc(C)c2c3ccccc3n(Cc3ccc(C(C(=O)N[C@@H](CO)c4ccccc4)C4CCCCCC4)cc3)c2n1. The van der Waals surface area contributed by atoms with Gasteiger partial charge in [-0.2, -0.15) is 0 Å². The number of para-hydroxylation sites is 1. The lowest BCUT2D eigenvalue weighted by atomic mass is 9.80. The number of carbonyl (C=O) groups excluding carboxylic acids is 1. The third-order valence-electron chi connectivity index (χ3n) is 9.08. The van der Waals surface area contributed by atoms with Crippen molar-refractivity contribution in [3.05, 3.63) is 113 Å². The summed E-state index contributed by atoms with van der Waals surface area (Å²) < 4.78 is 2.32. The number of pyridine rings is 1. The average Bonchev–Trinajstić information content (AvgIpc) is 3.13. The Morgan fingerprint density at radius 2 is 1.60 bits per heavy atom. The van der Waals surface area contributed by atoms with Crippen LogP contribution >= 0.6 is 0 Å². The lowest BCUT2D eigenvalue weighted by Crippen LogP contribution is -2.37. The first-order valence-electron chi connectivity index (χ1n) is 15.4. The van der Waals surface area contributed by atoms with Crippen molar-refractivity contribution >= 4 is 27.8 Å². The largest absolute Gasteiger partial charge is 0.394 e. The number of hydrogen-bond donors (Lipinski definition) is 2. The normalized spacial score (nSPS) is 15.9. The number of carbonyl (C=O) groups is 1. The molecule has 2 aromatic heterocycles. The Morgan fingerprint density at radius 3 is 2.31 bits per heavy atom. The molecule has 216 valence electrons. The molecular weight excluding hydrogens is 518 g/mol. The summed E-state index contributed by atoms with van der Waals surface area (Å²) in [6, 6.07) is 28.7. The molecular formula is C37H41N3O2.